The predicted molar refractivity (Wildman–Crippen MR) is 80.7 cm³/mol. The summed E-state index contributed by atoms with van der Waals surface area (Å²) in [5.74, 6) is -2.68. The fourth-order valence-electron chi connectivity index (χ4n) is 2.62. The summed E-state index contributed by atoms with van der Waals surface area (Å²) >= 11 is 0. The molecule has 0 aromatic rings. The van der Waals surface area contributed by atoms with Gasteiger partial charge < -0.3 is 4.84 Å². The first-order valence-corrected chi connectivity index (χ1v) is 8.05. The number of hydrogen-bond acceptors (Lipinski definition) is 6. The van der Waals surface area contributed by atoms with Crippen LogP contribution >= 0.6 is 0 Å². The molecule has 0 aromatic heterocycles. The summed E-state index contributed by atoms with van der Waals surface area (Å²) in [4.78, 5) is 63.9. The molecule has 0 spiro atoms. The summed E-state index contributed by atoms with van der Waals surface area (Å²) in [6, 6.07) is 0. The van der Waals surface area contributed by atoms with Gasteiger partial charge in [-0.15, -0.1) is 5.06 Å². The second kappa shape index (κ2) is 7.85. The van der Waals surface area contributed by atoms with E-state index in [9.17, 15) is 24.0 Å². The number of rotatable bonds is 8. The Morgan fingerprint density at radius 2 is 1.67 bits per heavy atom. The molecule has 0 bridgehead atoms. The standard InChI is InChI=1S/C16H20N2O6/c1-2-11(16(23)24-18-14(21)8-9-15(18)22)5-3-4-10-17-12(19)6-7-13(17)20/h6-7,11H,2-5,8-10H2,1H3. The first-order valence-electron chi connectivity index (χ1n) is 8.05. The van der Waals surface area contributed by atoms with Crippen LogP contribution in [0.25, 0.3) is 0 Å². The van der Waals surface area contributed by atoms with Gasteiger partial charge in [-0.25, -0.2) is 4.79 Å². The van der Waals surface area contributed by atoms with E-state index in [0.29, 0.717) is 37.3 Å². The van der Waals surface area contributed by atoms with Crippen LogP contribution in [0.4, 0.5) is 0 Å². The van der Waals surface area contributed by atoms with E-state index in [-0.39, 0.29) is 24.7 Å². The van der Waals surface area contributed by atoms with Gasteiger partial charge in [0.15, 0.2) is 0 Å². The van der Waals surface area contributed by atoms with Crippen LogP contribution in [0.2, 0.25) is 0 Å². The number of imide groups is 2. The third kappa shape index (κ3) is 4.06. The lowest BCUT2D eigenvalue weighted by Gasteiger charge is -2.18. The Hall–Kier alpha value is -2.51. The quantitative estimate of drug-likeness (QED) is 0.478. The summed E-state index contributed by atoms with van der Waals surface area (Å²) < 4.78 is 0. The second-order valence-electron chi connectivity index (χ2n) is 5.75. The minimum atomic E-state index is -0.601. The van der Waals surface area contributed by atoms with Gasteiger partial charge in [0.2, 0.25) is 0 Å². The number of amides is 4. The van der Waals surface area contributed by atoms with Crippen molar-refractivity contribution in [2.45, 2.75) is 45.4 Å². The lowest BCUT2D eigenvalue weighted by molar-refractivity contribution is -0.200. The first kappa shape index (κ1) is 17.8. The zero-order chi connectivity index (χ0) is 17.7. The Bertz CT molecular complexity index is 563. The van der Waals surface area contributed by atoms with E-state index in [4.69, 9.17) is 4.84 Å². The number of nitrogens with zero attached hydrogens (tertiary/aromatic N) is 2. The van der Waals surface area contributed by atoms with Gasteiger partial charge in [0.1, 0.15) is 0 Å². The minimum Gasteiger partial charge on any atom is -0.330 e. The van der Waals surface area contributed by atoms with Gasteiger partial charge in [-0.3, -0.25) is 24.1 Å². The minimum absolute atomic E-state index is 0.0643. The van der Waals surface area contributed by atoms with Gasteiger partial charge in [-0.1, -0.05) is 13.3 Å². The molecule has 1 saturated heterocycles. The Morgan fingerprint density at radius 3 is 2.21 bits per heavy atom. The zero-order valence-electron chi connectivity index (χ0n) is 13.5. The summed E-state index contributed by atoms with van der Waals surface area (Å²) in [6.07, 6.45) is 4.80. The Labute approximate surface area is 139 Å². The summed E-state index contributed by atoms with van der Waals surface area (Å²) in [6.45, 7) is 2.12. The smallest absolute Gasteiger partial charge is 0.330 e. The molecular weight excluding hydrogens is 316 g/mol. The lowest BCUT2D eigenvalue weighted by atomic mass is 9.99. The third-order valence-electron chi connectivity index (χ3n) is 4.10. The van der Waals surface area contributed by atoms with Crippen molar-refractivity contribution < 1.29 is 28.8 Å². The molecule has 2 rings (SSSR count). The molecular formula is C16H20N2O6. The molecule has 2 aliphatic rings. The highest BCUT2D eigenvalue weighted by molar-refractivity contribution is 6.12. The fourth-order valence-corrected chi connectivity index (χ4v) is 2.62. The Kier molecular flexibility index (Phi) is 5.83. The Balaban J connectivity index is 1.74. The molecule has 0 N–H and O–H groups in total. The highest BCUT2D eigenvalue weighted by Gasteiger charge is 2.34. The van der Waals surface area contributed by atoms with Crippen molar-refractivity contribution in [1.82, 2.24) is 9.96 Å². The molecule has 8 heteroatoms. The van der Waals surface area contributed by atoms with E-state index in [1.54, 1.807) is 0 Å². The van der Waals surface area contributed by atoms with Crippen LogP contribution in [0, 0.1) is 5.92 Å². The summed E-state index contributed by atoms with van der Waals surface area (Å²) in [7, 11) is 0. The molecule has 0 saturated carbocycles. The SMILES string of the molecule is CCC(CCCCN1C(=O)C=CC1=O)C(=O)ON1C(=O)CCC1=O. The maximum atomic E-state index is 12.1. The highest BCUT2D eigenvalue weighted by Crippen LogP contribution is 2.19. The molecule has 130 valence electrons. The average Bonchev–Trinajstić information content (AvgIpc) is 3.04. The molecule has 1 atom stereocenters. The number of carbonyl (C=O) groups excluding carboxylic acids is 5. The number of carbonyl (C=O) groups is 5. The molecule has 2 aliphatic heterocycles. The van der Waals surface area contributed by atoms with Gasteiger partial charge in [0, 0.05) is 31.5 Å². The van der Waals surface area contributed by atoms with Crippen LogP contribution in [-0.4, -0.2) is 46.1 Å². The van der Waals surface area contributed by atoms with E-state index in [0.717, 1.165) is 4.90 Å². The van der Waals surface area contributed by atoms with Crippen molar-refractivity contribution >= 4 is 29.6 Å². The van der Waals surface area contributed by atoms with Crippen molar-refractivity contribution in [1.29, 1.82) is 0 Å². The van der Waals surface area contributed by atoms with Crippen LogP contribution in [0.5, 0.6) is 0 Å². The predicted octanol–water partition coefficient (Wildman–Crippen LogP) is 0.715. The molecule has 1 unspecified atom stereocenters. The van der Waals surface area contributed by atoms with Gasteiger partial charge >= 0.3 is 5.97 Å². The molecule has 0 aromatic carbocycles. The largest absolute Gasteiger partial charge is 0.336 e. The zero-order valence-corrected chi connectivity index (χ0v) is 13.5. The van der Waals surface area contributed by atoms with Crippen LogP contribution in [-0.2, 0) is 28.8 Å². The van der Waals surface area contributed by atoms with Crippen LogP contribution in [0.15, 0.2) is 12.2 Å². The molecule has 1 fully saturated rings. The molecule has 0 aliphatic carbocycles. The van der Waals surface area contributed by atoms with Crippen LogP contribution in [0.3, 0.4) is 0 Å². The molecule has 2 heterocycles. The van der Waals surface area contributed by atoms with Crippen molar-refractivity contribution in [3.8, 4) is 0 Å². The van der Waals surface area contributed by atoms with Gasteiger partial charge in [-0.05, 0) is 19.3 Å². The number of unbranched alkanes of at least 4 members (excludes halogenated alkanes) is 1. The van der Waals surface area contributed by atoms with Crippen molar-refractivity contribution in [3.05, 3.63) is 12.2 Å². The topological polar surface area (TPSA) is 101 Å². The van der Waals surface area contributed by atoms with Crippen LogP contribution in [0.1, 0.15) is 45.4 Å². The van der Waals surface area contributed by atoms with E-state index < -0.39 is 23.7 Å². The molecule has 0 radical (unpaired) electrons. The molecule has 24 heavy (non-hydrogen) atoms. The third-order valence-corrected chi connectivity index (χ3v) is 4.10. The first-order chi connectivity index (χ1) is 11.4. The van der Waals surface area contributed by atoms with Crippen LogP contribution < -0.4 is 0 Å². The maximum absolute atomic E-state index is 12.1. The summed E-state index contributed by atoms with van der Waals surface area (Å²) in [5.41, 5.74) is 0. The number of hydrogen-bond donors (Lipinski definition) is 0. The normalized spacial score (nSPS) is 18.7. The van der Waals surface area contributed by atoms with E-state index in [1.807, 2.05) is 6.92 Å². The maximum Gasteiger partial charge on any atom is 0.336 e. The molecule has 4 amide bonds. The lowest BCUT2D eigenvalue weighted by Crippen LogP contribution is -2.34. The van der Waals surface area contributed by atoms with E-state index in [1.165, 1.54) is 12.2 Å². The van der Waals surface area contributed by atoms with Crippen molar-refractivity contribution in [3.63, 3.8) is 0 Å². The fraction of sp³-hybridized carbons (Fsp3) is 0.562. The van der Waals surface area contributed by atoms with Gasteiger partial charge in [0.25, 0.3) is 23.6 Å². The Morgan fingerprint density at radius 1 is 1.08 bits per heavy atom. The van der Waals surface area contributed by atoms with Gasteiger partial charge in [-0.2, -0.15) is 0 Å². The van der Waals surface area contributed by atoms with E-state index in [2.05, 4.69) is 0 Å². The monoisotopic (exact) mass is 336 g/mol. The van der Waals surface area contributed by atoms with E-state index >= 15 is 0 Å². The second-order valence-corrected chi connectivity index (χ2v) is 5.75. The van der Waals surface area contributed by atoms with Gasteiger partial charge in [0.05, 0.1) is 5.92 Å². The summed E-state index contributed by atoms with van der Waals surface area (Å²) in [5, 5.41) is 0.554. The average molecular weight is 336 g/mol. The van der Waals surface area contributed by atoms with Crippen molar-refractivity contribution in [2.24, 2.45) is 5.92 Å². The van der Waals surface area contributed by atoms with Crippen molar-refractivity contribution in [2.75, 3.05) is 6.54 Å². The number of hydroxylamine groups is 2. The molecule has 8 nitrogen and oxygen atoms in total. The highest BCUT2D eigenvalue weighted by atomic mass is 16.7.